The molecule has 3 aromatic carbocycles. The predicted octanol–water partition coefficient (Wildman–Crippen LogP) is 8.84. The number of aliphatic carboxylic acids is 1. The number of carboxylic acids is 1. The molecule has 6 nitrogen and oxygen atoms in total. The molecule has 44 heavy (non-hydrogen) atoms. The summed E-state index contributed by atoms with van der Waals surface area (Å²) < 4.78 is 11.7. The first kappa shape index (κ1) is 34.2. The zero-order valence-corrected chi connectivity index (χ0v) is 26.8. The van der Waals surface area contributed by atoms with Crippen LogP contribution in [0.25, 0.3) is 11.1 Å². The second-order valence-corrected chi connectivity index (χ2v) is 11.3. The van der Waals surface area contributed by atoms with Crippen LogP contribution in [0.3, 0.4) is 0 Å². The van der Waals surface area contributed by atoms with Crippen LogP contribution >= 0.6 is 0 Å². The fourth-order valence-corrected chi connectivity index (χ4v) is 5.33. The summed E-state index contributed by atoms with van der Waals surface area (Å²) in [7, 11) is 1.67. The first-order chi connectivity index (χ1) is 21.2. The fourth-order valence-electron chi connectivity index (χ4n) is 5.33. The molecule has 1 amide bonds. The van der Waals surface area contributed by atoms with Crippen molar-refractivity contribution in [3.8, 4) is 22.6 Å². The van der Waals surface area contributed by atoms with Gasteiger partial charge in [-0.05, 0) is 85.7 Å². The maximum absolute atomic E-state index is 12.5. The number of carbonyl (C=O) groups excluding carboxylic acids is 1. The number of methoxy groups -OCH3 is 1. The molecule has 2 unspecified atom stereocenters. The number of hydrogen-bond acceptors (Lipinski definition) is 4. The van der Waals surface area contributed by atoms with E-state index in [0.717, 1.165) is 53.9 Å². The fraction of sp³-hybridized carbons (Fsp3) is 0.368. The highest BCUT2D eigenvalue weighted by molar-refractivity contribution is 5.94. The molecule has 0 aliphatic heterocycles. The Labute approximate surface area is 262 Å². The number of carbonyl (C=O) groups is 2. The summed E-state index contributed by atoms with van der Waals surface area (Å²) >= 11 is 0. The average molecular weight is 598 g/mol. The van der Waals surface area contributed by atoms with Crippen LogP contribution in [0.15, 0.2) is 96.1 Å². The molecule has 234 valence electrons. The van der Waals surface area contributed by atoms with Crippen LogP contribution in [0, 0.1) is 5.92 Å². The van der Waals surface area contributed by atoms with Crippen LogP contribution in [-0.4, -0.2) is 37.2 Å². The van der Waals surface area contributed by atoms with Crippen molar-refractivity contribution in [2.75, 3.05) is 20.3 Å². The highest BCUT2D eigenvalue weighted by atomic mass is 16.5. The van der Waals surface area contributed by atoms with E-state index >= 15 is 0 Å². The van der Waals surface area contributed by atoms with Crippen molar-refractivity contribution in [2.24, 2.45) is 5.92 Å². The summed E-state index contributed by atoms with van der Waals surface area (Å²) in [6, 6.07) is 23.9. The van der Waals surface area contributed by atoms with E-state index < -0.39 is 5.97 Å². The third kappa shape index (κ3) is 10.4. The van der Waals surface area contributed by atoms with Crippen molar-refractivity contribution in [1.82, 2.24) is 5.32 Å². The molecule has 0 aliphatic rings. The number of amides is 1. The Kier molecular flexibility index (Phi) is 13.8. The lowest BCUT2D eigenvalue weighted by Crippen LogP contribution is -2.26. The van der Waals surface area contributed by atoms with E-state index in [4.69, 9.17) is 14.6 Å². The standard InChI is InChI=1S/C38H47NO5/c1-6-8-27(3)10-11-28(4)36(26-44-34-22-18-30(19-23-34)29-16-20-33(43-5)21-17-29)35(9-7-2)31-12-14-32(15-13-31)38(42)39-25-24-37(40)41/h10-23,35-36H,6-9,24-26H2,1-5H3,(H,39,42)(H,40,41). The molecule has 0 aromatic heterocycles. The summed E-state index contributed by atoms with van der Waals surface area (Å²) in [5.41, 5.74) is 6.50. The van der Waals surface area contributed by atoms with E-state index in [-0.39, 0.29) is 30.7 Å². The van der Waals surface area contributed by atoms with Gasteiger partial charge in [-0.25, -0.2) is 0 Å². The first-order valence-corrected chi connectivity index (χ1v) is 15.6. The number of rotatable bonds is 17. The van der Waals surface area contributed by atoms with Crippen molar-refractivity contribution < 1.29 is 24.2 Å². The van der Waals surface area contributed by atoms with Gasteiger partial charge in [0, 0.05) is 18.0 Å². The van der Waals surface area contributed by atoms with Crippen molar-refractivity contribution in [2.45, 2.75) is 65.7 Å². The van der Waals surface area contributed by atoms with Gasteiger partial charge in [-0.2, -0.15) is 0 Å². The predicted molar refractivity (Wildman–Crippen MR) is 179 cm³/mol. The Bertz CT molecular complexity index is 1390. The van der Waals surface area contributed by atoms with Gasteiger partial charge < -0.3 is 19.9 Å². The molecule has 3 rings (SSSR count). The highest BCUT2D eigenvalue weighted by Crippen LogP contribution is 2.35. The lowest BCUT2D eigenvalue weighted by molar-refractivity contribution is -0.136. The van der Waals surface area contributed by atoms with Gasteiger partial charge in [0.1, 0.15) is 11.5 Å². The summed E-state index contributed by atoms with van der Waals surface area (Å²) in [5, 5.41) is 11.5. The van der Waals surface area contributed by atoms with Gasteiger partial charge in [-0.15, -0.1) is 0 Å². The number of allylic oxidation sites excluding steroid dienone is 3. The Morgan fingerprint density at radius 2 is 1.43 bits per heavy atom. The highest BCUT2D eigenvalue weighted by Gasteiger charge is 2.25. The zero-order valence-electron chi connectivity index (χ0n) is 26.8. The SMILES string of the molecule is CCCC(C)=CC=C(C)C(COc1ccc(-c2ccc(OC)cc2)cc1)C(CCC)c1ccc(C(=O)NCCC(=O)O)cc1. The average Bonchev–Trinajstić information content (AvgIpc) is 3.03. The minimum atomic E-state index is -0.937. The number of carboxylic acid groups (broad SMARTS) is 1. The van der Waals surface area contributed by atoms with Crippen LogP contribution in [0.1, 0.15) is 81.6 Å². The monoisotopic (exact) mass is 597 g/mol. The smallest absolute Gasteiger partial charge is 0.305 e. The zero-order chi connectivity index (χ0) is 31.9. The van der Waals surface area contributed by atoms with Crippen molar-refractivity contribution in [1.29, 1.82) is 0 Å². The normalized spacial score (nSPS) is 13.2. The van der Waals surface area contributed by atoms with Crippen LogP contribution in [0.5, 0.6) is 11.5 Å². The number of nitrogens with one attached hydrogen (secondary N) is 1. The van der Waals surface area contributed by atoms with Gasteiger partial charge in [0.05, 0.1) is 20.1 Å². The van der Waals surface area contributed by atoms with E-state index in [1.807, 2.05) is 60.7 Å². The number of ether oxygens (including phenoxy) is 2. The van der Waals surface area contributed by atoms with Crippen LogP contribution in [0.2, 0.25) is 0 Å². The third-order valence-corrected chi connectivity index (χ3v) is 7.88. The molecule has 3 aromatic rings. The van der Waals surface area contributed by atoms with Crippen LogP contribution in [-0.2, 0) is 4.79 Å². The maximum atomic E-state index is 12.5. The van der Waals surface area contributed by atoms with Gasteiger partial charge in [0.2, 0.25) is 0 Å². The lowest BCUT2D eigenvalue weighted by Gasteiger charge is -2.29. The van der Waals surface area contributed by atoms with E-state index in [2.05, 4.69) is 57.3 Å². The minimum Gasteiger partial charge on any atom is -0.497 e. The maximum Gasteiger partial charge on any atom is 0.305 e. The summed E-state index contributed by atoms with van der Waals surface area (Å²) in [6.45, 7) is 9.36. The summed E-state index contributed by atoms with van der Waals surface area (Å²) in [5.74, 6) is 0.763. The number of benzene rings is 3. The molecule has 2 N–H and O–H groups in total. The second kappa shape index (κ2) is 17.7. The molecule has 0 saturated heterocycles. The molecule has 0 bridgehead atoms. The van der Waals surface area contributed by atoms with Gasteiger partial charge in [-0.1, -0.05) is 86.4 Å². The quantitative estimate of drug-likeness (QED) is 0.152. The minimum absolute atomic E-state index is 0.101. The Morgan fingerprint density at radius 3 is 1.98 bits per heavy atom. The van der Waals surface area contributed by atoms with Crippen molar-refractivity contribution in [3.05, 3.63) is 107 Å². The molecular formula is C38H47NO5. The Morgan fingerprint density at radius 1 is 0.818 bits per heavy atom. The van der Waals surface area contributed by atoms with Crippen molar-refractivity contribution in [3.63, 3.8) is 0 Å². The van der Waals surface area contributed by atoms with E-state index in [1.54, 1.807) is 7.11 Å². The third-order valence-electron chi connectivity index (χ3n) is 7.88. The second-order valence-electron chi connectivity index (χ2n) is 11.3. The first-order valence-electron chi connectivity index (χ1n) is 15.6. The van der Waals surface area contributed by atoms with E-state index in [0.29, 0.717) is 12.2 Å². The topological polar surface area (TPSA) is 84.9 Å². The summed E-state index contributed by atoms with van der Waals surface area (Å²) in [4.78, 5) is 23.3. The van der Waals surface area contributed by atoms with Crippen molar-refractivity contribution >= 4 is 11.9 Å². The summed E-state index contributed by atoms with van der Waals surface area (Å²) in [6.07, 6.45) is 8.52. The Balaban J connectivity index is 1.83. The van der Waals surface area contributed by atoms with E-state index in [9.17, 15) is 9.59 Å². The molecule has 0 aliphatic carbocycles. The van der Waals surface area contributed by atoms with Gasteiger partial charge in [0.25, 0.3) is 5.91 Å². The molecule has 0 heterocycles. The van der Waals surface area contributed by atoms with E-state index in [1.165, 1.54) is 11.1 Å². The number of hydrogen-bond donors (Lipinski definition) is 2. The molecule has 0 saturated carbocycles. The molecule has 0 fully saturated rings. The van der Waals surface area contributed by atoms with Gasteiger partial charge in [0.15, 0.2) is 0 Å². The molecule has 0 spiro atoms. The molecular weight excluding hydrogens is 550 g/mol. The molecule has 0 radical (unpaired) electrons. The van der Waals surface area contributed by atoms with Gasteiger partial charge >= 0.3 is 5.97 Å². The molecule has 6 heteroatoms. The molecule has 2 atom stereocenters. The Hall–Kier alpha value is -4.32. The lowest BCUT2D eigenvalue weighted by atomic mass is 9.79. The van der Waals surface area contributed by atoms with Crippen LogP contribution in [0.4, 0.5) is 0 Å². The van der Waals surface area contributed by atoms with Crippen LogP contribution < -0.4 is 14.8 Å². The van der Waals surface area contributed by atoms with Gasteiger partial charge in [-0.3, -0.25) is 9.59 Å². The largest absolute Gasteiger partial charge is 0.497 e.